The summed E-state index contributed by atoms with van der Waals surface area (Å²) >= 11 is 0. The van der Waals surface area contributed by atoms with Gasteiger partial charge in [-0.25, -0.2) is 0 Å². The number of carbonyl (C=O) groups excluding carboxylic acids is 2. The highest BCUT2D eigenvalue weighted by Gasteiger charge is 2.33. The van der Waals surface area contributed by atoms with Crippen LogP contribution < -0.4 is 5.32 Å². The Morgan fingerprint density at radius 3 is 2.85 bits per heavy atom. The first kappa shape index (κ1) is 18.4. The molecule has 3 rings (SSSR count). The Labute approximate surface area is 153 Å². The molecule has 0 aromatic carbocycles. The number of rotatable bonds is 6. The van der Waals surface area contributed by atoms with Crippen LogP contribution in [0.25, 0.3) is 5.65 Å². The summed E-state index contributed by atoms with van der Waals surface area (Å²) in [6.45, 7) is 4.24. The molecule has 26 heavy (non-hydrogen) atoms. The minimum Gasteiger partial charge on any atom is -0.466 e. The van der Waals surface area contributed by atoms with Crippen molar-refractivity contribution in [3.63, 3.8) is 0 Å². The van der Waals surface area contributed by atoms with Crippen LogP contribution in [0, 0.1) is 5.92 Å². The highest BCUT2D eigenvalue weighted by atomic mass is 16.5. The average Bonchev–Trinajstić information content (AvgIpc) is 3.06. The summed E-state index contributed by atoms with van der Waals surface area (Å²) in [5, 5.41) is 11.4. The smallest absolute Gasteiger partial charge is 0.311 e. The minimum atomic E-state index is -0.277. The molecule has 0 aliphatic heterocycles. The quantitative estimate of drug-likeness (QED) is 0.802. The van der Waals surface area contributed by atoms with Crippen LogP contribution in [-0.2, 0) is 16.0 Å². The van der Waals surface area contributed by atoms with E-state index >= 15 is 0 Å². The van der Waals surface area contributed by atoms with E-state index in [1.807, 2.05) is 16.7 Å². The third-order valence-corrected chi connectivity index (χ3v) is 4.90. The number of aryl methyl sites for hydroxylation is 1. The second kappa shape index (κ2) is 8.29. The Morgan fingerprint density at radius 2 is 2.08 bits per heavy atom. The van der Waals surface area contributed by atoms with Crippen LogP contribution in [0.4, 0.5) is 0 Å². The summed E-state index contributed by atoms with van der Waals surface area (Å²) < 4.78 is 7.05. The van der Waals surface area contributed by atoms with Crippen LogP contribution in [0.1, 0.15) is 62.1 Å². The van der Waals surface area contributed by atoms with Crippen molar-refractivity contribution < 1.29 is 14.3 Å². The lowest BCUT2D eigenvalue weighted by Crippen LogP contribution is -2.45. The molecule has 1 aliphatic carbocycles. The zero-order valence-electron chi connectivity index (χ0n) is 15.4. The monoisotopic (exact) mass is 358 g/mol. The van der Waals surface area contributed by atoms with Gasteiger partial charge in [0.15, 0.2) is 5.65 Å². The first-order valence-electron chi connectivity index (χ1n) is 9.45. The number of nitrogens with one attached hydrogen (secondary N) is 1. The summed E-state index contributed by atoms with van der Waals surface area (Å²) in [5.41, 5.74) is 1.03. The fourth-order valence-electron chi connectivity index (χ4n) is 3.62. The Kier molecular flexibility index (Phi) is 5.85. The van der Waals surface area contributed by atoms with Crippen LogP contribution in [0.3, 0.4) is 0 Å². The summed E-state index contributed by atoms with van der Waals surface area (Å²) in [4.78, 5) is 25.1. The van der Waals surface area contributed by atoms with Crippen molar-refractivity contribution in [3.8, 4) is 0 Å². The molecule has 7 nitrogen and oxygen atoms in total. The number of carbonyl (C=O) groups is 2. The number of esters is 1. The molecule has 0 saturated heterocycles. The Hall–Kier alpha value is -2.44. The highest BCUT2D eigenvalue weighted by molar-refractivity contribution is 6.00. The van der Waals surface area contributed by atoms with E-state index in [4.69, 9.17) is 4.74 Å². The van der Waals surface area contributed by atoms with Gasteiger partial charge in [-0.15, -0.1) is 10.2 Å². The second-order valence-corrected chi connectivity index (χ2v) is 6.70. The maximum Gasteiger partial charge on any atom is 0.311 e. The van der Waals surface area contributed by atoms with Gasteiger partial charge in [-0.3, -0.25) is 14.0 Å². The Bertz CT molecular complexity index is 786. The SMILES string of the molecule is CCCc1nnc2c(C(=O)N[C@H]3CCCC[C@H]3C(=O)OCC)cccn12. The molecule has 2 aromatic heterocycles. The number of aromatic nitrogens is 3. The molecule has 0 bridgehead atoms. The lowest BCUT2D eigenvalue weighted by atomic mass is 9.84. The standard InChI is InChI=1S/C19H26N4O3/c1-3-8-16-21-22-17-14(10-7-12-23(16)17)18(24)20-15-11-6-5-9-13(15)19(25)26-4-2/h7,10,12-13,15H,3-6,8-9,11H2,1-2H3,(H,20,24)/t13-,15+/m1/s1. The molecule has 1 saturated carbocycles. The van der Waals surface area contributed by atoms with Gasteiger partial charge in [0.05, 0.1) is 18.1 Å². The van der Waals surface area contributed by atoms with E-state index in [-0.39, 0.29) is 23.8 Å². The maximum absolute atomic E-state index is 12.9. The minimum absolute atomic E-state index is 0.200. The third-order valence-electron chi connectivity index (χ3n) is 4.90. The summed E-state index contributed by atoms with van der Waals surface area (Å²) in [6, 6.07) is 3.37. The van der Waals surface area contributed by atoms with E-state index in [9.17, 15) is 9.59 Å². The van der Waals surface area contributed by atoms with E-state index in [0.717, 1.165) is 44.3 Å². The van der Waals surface area contributed by atoms with Crippen LogP contribution in [0.5, 0.6) is 0 Å². The van der Waals surface area contributed by atoms with E-state index < -0.39 is 0 Å². The predicted octanol–water partition coefficient (Wildman–Crippen LogP) is 2.53. The van der Waals surface area contributed by atoms with Crippen molar-refractivity contribution in [1.29, 1.82) is 0 Å². The van der Waals surface area contributed by atoms with Gasteiger partial charge in [0.1, 0.15) is 5.82 Å². The number of hydrogen-bond donors (Lipinski definition) is 1. The second-order valence-electron chi connectivity index (χ2n) is 6.70. The first-order chi connectivity index (χ1) is 12.7. The molecule has 0 radical (unpaired) electrons. The van der Waals surface area contributed by atoms with Gasteiger partial charge in [0, 0.05) is 18.7 Å². The molecule has 0 spiro atoms. The lowest BCUT2D eigenvalue weighted by molar-refractivity contribution is -0.150. The molecule has 1 amide bonds. The maximum atomic E-state index is 12.9. The molecule has 2 aromatic rings. The number of amides is 1. The Morgan fingerprint density at radius 1 is 1.27 bits per heavy atom. The van der Waals surface area contributed by atoms with E-state index in [2.05, 4.69) is 22.4 Å². The highest BCUT2D eigenvalue weighted by Crippen LogP contribution is 2.26. The van der Waals surface area contributed by atoms with E-state index in [1.54, 1.807) is 13.0 Å². The van der Waals surface area contributed by atoms with Gasteiger partial charge in [-0.2, -0.15) is 0 Å². The van der Waals surface area contributed by atoms with E-state index in [0.29, 0.717) is 17.8 Å². The fraction of sp³-hybridized carbons (Fsp3) is 0.579. The number of nitrogens with zero attached hydrogens (tertiary/aromatic N) is 3. The molecule has 1 fully saturated rings. The zero-order chi connectivity index (χ0) is 18.5. The zero-order valence-corrected chi connectivity index (χ0v) is 15.4. The van der Waals surface area contributed by atoms with Gasteiger partial charge >= 0.3 is 5.97 Å². The van der Waals surface area contributed by atoms with Crippen LogP contribution in [-0.4, -0.2) is 39.1 Å². The largest absolute Gasteiger partial charge is 0.466 e. The van der Waals surface area contributed by atoms with Gasteiger partial charge in [0.25, 0.3) is 5.91 Å². The molecule has 0 unspecified atom stereocenters. The molecule has 2 heterocycles. The van der Waals surface area contributed by atoms with Crippen molar-refractivity contribution >= 4 is 17.5 Å². The number of pyridine rings is 1. The molecule has 1 aliphatic rings. The molecule has 140 valence electrons. The molecule has 2 atom stereocenters. The molecule has 1 N–H and O–H groups in total. The van der Waals surface area contributed by atoms with Crippen molar-refractivity contribution in [2.75, 3.05) is 6.61 Å². The van der Waals surface area contributed by atoms with Crippen molar-refractivity contribution in [3.05, 3.63) is 29.7 Å². The summed E-state index contributed by atoms with van der Waals surface area (Å²) in [6.07, 6.45) is 7.15. The van der Waals surface area contributed by atoms with Crippen LogP contribution in [0.2, 0.25) is 0 Å². The average molecular weight is 358 g/mol. The topological polar surface area (TPSA) is 85.6 Å². The van der Waals surface area contributed by atoms with Gasteiger partial charge in [-0.05, 0) is 38.3 Å². The van der Waals surface area contributed by atoms with Gasteiger partial charge in [-0.1, -0.05) is 19.8 Å². The number of hydrogen-bond acceptors (Lipinski definition) is 5. The number of ether oxygens (including phenoxy) is 1. The van der Waals surface area contributed by atoms with Gasteiger partial charge < -0.3 is 10.1 Å². The predicted molar refractivity (Wildman–Crippen MR) is 96.8 cm³/mol. The molecular weight excluding hydrogens is 332 g/mol. The van der Waals surface area contributed by atoms with Crippen LogP contribution in [0.15, 0.2) is 18.3 Å². The van der Waals surface area contributed by atoms with Crippen molar-refractivity contribution in [2.45, 2.75) is 58.4 Å². The third kappa shape index (κ3) is 3.71. The summed E-state index contributed by atoms with van der Waals surface area (Å²) in [7, 11) is 0. The lowest BCUT2D eigenvalue weighted by Gasteiger charge is -2.30. The number of fused-ring (bicyclic) bond motifs is 1. The van der Waals surface area contributed by atoms with Crippen molar-refractivity contribution in [2.24, 2.45) is 5.92 Å². The Balaban J connectivity index is 1.80. The molecule has 7 heteroatoms. The summed E-state index contributed by atoms with van der Waals surface area (Å²) in [5.74, 6) is 0.135. The van der Waals surface area contributed by atoms with Crippen molar-refractivity contribution in [1.82, 2.24) is 19.9 Å². The fourth-order valence-corrected chi connectivity index (χ4v) is 3.62. The van der Waals surface area contributed by atoms with E-state index in [1.165, 1.54) is 0 Å². The normalized spacial score (nSPS) is 20.1. The first-order valence-corrected chi connectivity index (χ1v) is 9.45. The molecular formula is C19H26N4O3. The van der Waals surface area contributed by atoms with Crippen LogP contribution >= 0.6 is 0 Å². The van der Waals surface area contributed by atoms with Gasteiger partial charge in [0.2, 0.25) is 0 Å².